The maximum absolute atomic E-state index is 13.3. The van der Waals surface area contributed by atoms with Gasteiger partial charge in [-0.2, -0.15) is 0 Å². The minimum Gasteiger partial charge on any atom is -0.480 e. The van der Waals surface area contributed by atoms with Gasteiger partial charge in [-0.25, -0.2) is 4.79 Å². The molecule has 4 atom stereocenters. The number of carbonyl (C=O) groups excluding carboxylic acids is 4. The van der Waals surface area contributed by atoms with E-state index in [1.165, 1.54) is 4.90 Å². The van der Waals surface area contributed by atoms with E-state index in [0.29, 0.717) is 38.8 Å². The van der Waals surface area contributed by atoms with Crippen LogP contribution in [0.4, 0.5) is 0 Å². The number of carbonyl (C=O) groups is 5. The quantitative estimate of drug-likeness (QED) is 0.147. The number of hydrogen-bond acceptors (Lipinski definition) is 7. The molecule has 0 spiro atoms. The Labute approximate surface area is 225 Å². The van der Waals surface area contributed by atoms with Crippen molar-refractivity contribution in [3.05, 3.63) is 36.0 Å². The number of unbranched alkanes of at least 4 members (excludes halogenated alkanes) is 1. The van der Waals surface area contributed by atoms with Crippen LogP contribution in [0.3, 0.4) is 0 Å². The second-order valence-corrected chi connectivity index (χ2v) is 9.78. The monoisotopic (exact) mass is 543 g/mol. The van der Waals surface area contributed by atoms with Gasteiger partial charge in [-0.15, -0.1) is 0 Å². The molecule has 0 saturated carbocycles. The van der Waals surface area contributed by atoms with Crippen molar-refractivity contribution >= 4 is 40.5 Å². The summed E-state index contributed by atoms with van der Waals surface area (Å²) in [5.41, 5.74) is 18.8. The van der Waals surface area contributed by atoms with E-state index in [2.05, 4.69) is 15.6 Å². The van der Waals surface area contributed by atoms with Crippen LogP contribution >= 0.6 is 0 Å². The topological polar surface area (TPSA) is 227 Å². The van der Waals surface area contributed by atoms with Gasteiger partial charge in [0.05, 0.1) is 12.5 Å². The Morgan fingerprint density at radius 2 is 1.85 bits per heavy atom. The molecule has 13 nitrogen and oxygen atoms in total. The number of fused-ring (bicyclic) bond motifs is 1. The molecule has 4 amide bonds. The summed E-state index contributed by atoms with van der Waals surface area (Å²) in [5.74, 6) is -3.98. The van der Waals surface area contributed by atoms with Crippen molar-refractivity contribution in [3.8, 4) is 0 Å². The lowest BCUT2D eigenvalue weighted by atomic mass is 10.0. The zero-order chi connectivity index (χ0) is 28.5. The molecule has 0 radical (unpaired) electrons. The lowest BCUT2D eigenvalue weighted by molar-refractivity contribution is -0.144. The van der Waals surface area contributed by atoms with Gasteiger partial charge in [0.25, 0.3) is 0 Å². The van der Waals surface area contributed by atoms with Crippen LogP contribution in [0.1, 0.15) is 44.1 Å². The van der Waals surface area contributed by atoms with Crippen LogP contribution in [-0.4, -0.2) is 81.8 Å². The Morgan fingerprint density at radius 1 is 1.10 bits per heavy atom. The van der Waals surface area contributed by atoms with E-state index in [4.69, 9.17) is 17.2 Å². The van der Waals surface area contributed by atoms with Crippen molar-refractivity contribution in [2.45, 2.75) is 69.1 Å². The van der Waals surface area contributed by atoms with Gasteiger partial charge in [0, 0.05) is 23.6 Å². The van der Waals surface area contributed by atoms with Crippen molar-refractivity contribution in [2.24, 2.45) is 17.2 Å². The molecule has 1 aliphatic rings. The number of nitrogens with zero attached hydrogens (tertiary/aromatic N) is 1. The second-order valence-electron chi connectivity index (χ2n) is 9.78. The van der Waals surface area contributed by atoms with E-state index in [1.54, 1.807) is 0 Å². The lowest BCUT2D eigenvalue weighted by Gasteiger charge is -2.28. The number of carboxylic acids is 1. The maximum atomic E-state index is 13.3. The number of aromatic amines is 1. The summed E-state index contributed by atoms with van der Waals surface area (Å²) in [4.78, 5) is 66.8. The molecule has 1 aliphatic heterocycles. The summed E-state index contributed by atoms with van der Waals surface area (Å²) in [6, 6.07) is 3.37. The van der Waals surface area contributed by atoms with Crippen molar-refractivity contribution in [3.63, 3.8) is 0 Å². The number of para-hydroxylation sites is 1. The lowest BCUT2D eigenvalue weighted by Crippen LogP contribution is -2.57. The van der Waals surface area contributed by atoms with Gasteiger partial charge in [-0.05, 0) is 56.7 Å². The number of carboxylic acid groups (broad SMARTS) is 1. The van der Waals surface area contributed by atoms with E-state index in [1.807, 2.05) is 30.5 Å². The molecule has 4 unspecified atom stereocenters. The molecule has 2 heterocycles. The van der Waals surface area contributed by atoms with E-state index < -0.39 is 54.3 Å². The first-order valence-corrected chi connectivity index (χ1v) is 13.0. The average Bonchev–Trinajstić information content (AvgIpc) is 3.55. The molecule has 1 aromatic heterocycles. The van der Waals surface area contributed by atoms with Crippen molar-refractivity contribution in [1.29, 1.82) is 0 Å². The fourth-order valence-electron chi connectivity index (χ4n) is 4.84. The highest BCUT2D eigenvalue weighted by Crippen LogP contribution is 2.22. The van der Waals surface area contributed by atoms with Gasteiger partial charge in [0.2, 0.25) is 23.6 Å². The fourth-order valence-corrected chi connectivity index (χ4v) is 4.84. The molecule has 3 rings (SSSR count). The fraction of sp³-hybridized carbons (Fsp3) is 0.500. The number of hydrogen-bond donors (Lipinski definition) is 7. The van der Waals surface area contributed by atoms with Crippen LogP contribution in [-0.2, 0) is 30.4 Å². The number of nitrogens with one attached hydrogen (secondary N) is 3. The third-order valence-corrected chi connectivity index (χ3v) is 6.87. The molecule has 1 aromatic carbocycles. The standard InChI is InChI=1S/C26H37N7O6/c27-10-4-3-8-19(23(35)32-20(26(38)39)13-22(29)34)31-24(36)21-9-5-11-33(21)25(37)17(28)12-15-14-30-18-7-2-1-6-16(15)18/h1-2,6-7,14,17,19-21,30H,3-5,8-13,27-28H2,(H2,29,34)(H,31,36)(H,32,35)(H,38,39). The predicted molar refractivity (Wildman–Crippen MR) is 143 cm³/mol. The summed E-state index contributed by atoms with van der Waals surface area (Å²) in [7, 11) is 0. The SMILES string of the molecule is NCCCCC(NC(=O)C1CCCN1C(=O)C(N)Cc1c[nH]c2ccccc12)C(=O)NC(CC(N)=O)C(=O)O. The van der Waals surface area contributed by atoms with Crippen LogP contribution < -0.4 is 27.8 Å². The van der Waals surface area contributed by atoms with E-state index in [0.717, 1.165) is 16.5 Å². The number of nitrogens with two attached hydrogens (primary N) is 3. The van der Waals surface area contributed by atoms with Crippen LogP contribution in [0.2, 0.25) is 0 Å². The molecule has 39 heavy (non-hydrogen) atoms. The number of rotatable bonds is 14. The molecule has 1 saturated heterocycles. The summed E-state index contributed by atoms with van der Waals surface area (Å²) in [6.07, 6.45) is 3.77. The predicted octanol–water partition coefficient (Wildman–Crippen LogP) is -0.913. The van der Waals surface area contributed by atoms with Gasteiger partial charge in [0.15, 0.2) is 0 Å². The molecular formula is C26H37N7O6. The Balaban J connectivity index is 1.68. The smallest absolute Gasteiger partial charge is 0.326 e. The highest BCUT2D eigenvalue weighted by Gasteiger charge is 2.38. The maximum Gasteiger partial charge on any atom is 0.326 e. The first kappa shape index (κ1) is 29.6. The molecule has 10 N–H and O–H groups in total. The van der Waals surface area contributed by atoms with Crippen molar-refractivity contribution in [1.82, 2.24) is 20.5 Å². The molecule has 1 fully saturated rings. The van der Waals surface area contributed by atoms with Gasteiger partial charge in [0.1, 0.15) is 18.1 Å². The van der Waals surface area contributed by atoms with Crippen molar-refractivity contribution < 1.29 is 29.1 Å². The minimum atomic E-state index is -1.53. The molecule has 13 heteroatoms. The van der Waals surface area contributed by atoms with Crippen LogP contribution in [0.25, 0.3) is 10.9 Å². The van der Waals surface area contributed by atoms with Crippen molar-refractivity contribution in [2.75, 3.05) is 13.1 Å². The third kappa shape index (κ3) is 7.77. The number of likely N-dealkylation sites (tertiary alicyclic amines) is 1. The van der Waals surface area contributed by atoms with E-state index >= 15 is 0 Å². The van der Waals surface area contributed by atoms with Crippen LogP contribution in [0, 0.1) is 0 Å². The van der Waals surface area contributed by atoms with Crippen LogP contribution in [0.5, 0.6) is 0 Å². The number of benzene rings is 1. The Morgan fingerprint density at radius 3 is 2.54 bits per heavy atom. The number of primary amides is 1. The van der Waals surface area contributed by atoms with E-state index in [-0.39, 0.29) is 18.7 Å². The summed E-state index contributed by atoms with van der Waals surface area (Å²) in [6.45, 7) is 0.725. The molecular weight excluding hydrogens is 506 g/mol. The Hall–Kier alpha value is -3.97. The summed E-state index contributed by atoms with van der Waals surface area (Å²) >= 11 is 0. The molecule has 212 valence electrons. The first-order chi connectivity index (χ1) is 18.6. The number of H-pyrrole nitrogens is 1. The zero-order valence-electron chi connectivity index (χ0n) is 21.7. The van der Waals surface area contributed by atoms with Gasteiger partial charge in [-0.3, -0.25) is 19.2 Å². The molecule has 0 bridgehead atoms. The number of aromatic nitrogens is 1. The highest BCUT2D eigenvalue weighted by molar-refractivity contribution is 5.95. The number of amides is 4. The molecule has 0 aliphatic carbocycles. The van der Waals surface area contributed by atoms with Gasteiger partial charge < -0.3 is 42.8 Å². The Kier molecular flexibility index (Phi) is 10.4. The second kappa shape index (κ2) is 13.7. The zero-order valence-corrected chi connectivity index (χ0v) is 21.7. The Bertz CT molecular complexity index is 1200. The summed E-state index contributed by atoms with van der Waals surface area (Å²) in [5, 5.41) is 15.2. The van der Waals surface area contributed by atoms with E-state index in [9.17, 15) is 29.1 Å². The third-order valence-electron chi connectivity index (χ3n) is 6.87. The van der Waals surface area contributed by atoms with Gasteiger partial charge in [-0.1, -0.05) is 18.2 Å². The molecule has 2 aromatic rings. The van der Waals surface area contributed by atoms with Crippen LogP contribution in [0.15, 0.2) is 30.5 Å². The average molecular weight is 544 g/mol. The number of aliphatic carboxylic acids is 1. The first-order valence-electron chi connectivity index (χ1n) is 13.0. The summed E-state index contributed by atoms with van der Waals surface area (Å²) < 4.78 is 0. The normalized spacial score (nSPS) is 17.4. The van der Waals surface area contributed by atoms with Gasteiger partial charge >= 0.3 is 5.97 Å². The highest BCUT2D eigenvalue weighted by atomic mass is 16.4. The largest absolute Gasteiger partial charge is 0.480 e. The minimum absolute atomic E-state index is 0.193.